The van der Waals surface area contributed by atoms with Gasteiger partial charge in [-0.2, -0.15) is 0 Å². The summed E-state index contributed by atoms with van der Waals surface area (Å²) in [5.74, 6) is 0.560. The molecule has 0 spiro atoms. The lowest BCUT2D eigenvalue weighted by Gasteiger charge is -2.19. The molecule has 1 amide bonds. The number of amides is 1. The molecule has 0 radical (unpaired) electrons. The van der Waals surface area contributed by atoms with Crippen LogP contribution in [0.5, 0.6) is 0 Å². The molecule has 1 heterocycles. The summed E-state index contributed by atoms with van der Waals surface area (Å²) in [6.45, 7) is 4.28. The highest BCUT2D eigenvalue weighted by molar-refractivity contribution is 6.24. The molecule has 3 rings (SSSR count). The molecule has 1 N–H and O–H groups in total. The van der Waals surface area contributed by atoms with Crippen LogP contribution in [0.2, 0.25) is 0 Å². The van der Waals surface area contributed by atoms with Crippen molar-refractivity contribution in [1.82, 2.24) is 0 Å². The number of para-hydroxylation sites is 1. The summed E-state index contributed by atoms with van der Waals surface area (Å²) < 4.78 is 0. The number of hydrogen-bond acceptors (Lipinski definition) is 3. The number of rotatable bonds is 2. The molecule has 1 aliphatic rings. The van der Waals surface area contributed by atoms with Crippen LogP contribution in [0.1, 0.15) is 11.1 Å². The molecule has 2 aromatic rings. The van der Waals surface area contributed by atoms with Crippen molar-refractivity contribution in [3.8, 4) is 0 Å². The van der Waals surface area contributed by atoms with Crippen molar-refractivity contribution in [2.75, 3.05) is 16.8 Å². The van der Waals surface area contributed by atoms with Gasteiger partial charge in [-0.1, -0.05) is 24.3 Å². The molecule has 4 heteroatoms. The molecule has 0 fully saturated rings. The van der Waals surface area contributed by atoms with E-state index in [9.17, 15) is 4.79 Å². The summed E-state index contributed by atoms with van der Waals surface area (Å²) in [7, 11) is 0. The van der Waals surface area contributed by atoms with E-state index >= 15 is 0 Å². The Morgan fingerprint density at radius 2 is 1.71 bits per heavy atom. The number of aryl methyl sites for hydroxylation is 2. The third-order valence-electron chi connectivity index (χ3n) is 3.32. The summed E-state index contributed by atoms with van der Waals surface area (Å²) in [5.41, 5.74) is 4.12. The summed E-state index contributed by atoms with van der Waals surface area (Å²) in [4.78, 5) is 18.0. The molecule has 1 aliphatic heterocycles. The molecule has 0 saturated carbocycles. The number of aliphatic imine (C=N–C) groups is 1. The van der Waals surface area contributed by atoms with Gasteiger partial charge in [-0.15, -0.1) is 0 Å². The van der Waals surface area contributed by atoms with Gasteiger partial charge in [0.05, 0.1) is 5.69 Å². The molecule has 0 atom stereocenters. The number of anilines is 2. The van der Waals surface area contributed by atoms with Crippen molar-refractivity contribution >= 4 is 23.2 Å². The van der Waals surface area contributed by atoms with Crippen molar-refractivity contribution < 1.29 is 4.79 Å². The van der Waals surface area contributed by atoms with E-state index in [-0.39, 0.29) is 12.5 Å². The molecule has 4 nitrogen and oxygen atoms in total. The van der Waals surface area contributed by atoms with Crippen molar-refractivity contribution in [3.05, 3.63) is 59.7 Å². The Bertz CT molecular complexity index is 687. The quantitative estimate of drug-likeness (QED) is 0.918. The molecule has 21 heavy (non-hydrogen) atoms. The summed E-state index contributed by atoms with van der Waals surface area (Å²) in [6.07, 6.45) is 0. The van der Waals surface area contributed by atoms with Gasteiger partial charge in [0.2, 0.25) is 5.96 Å². The van der Waals surface area contributed by atoms with Crippen LogP contribution in [0.3, 0.4) is 0 Å². The second kappa shape index (κ2) is 5.40. The number of guanidine groups is 1. The number of benzene rings is 2. The fourth-order valence-electron chi connectivity index (χ4n) is 2.52. The van der Waals surface area contributed by atoms with Crippen LogP contribution in [-0.2, 0) is 4.79 Å². The zero-order valence-corrected chi connectivity index (χ0v) is 12.1. The van der Waals surface area contributed by atoms with Crippen LogP contribution < -0.4 is 10.2 Å². The second-order valence-corrected chi connectivity index (χ2v) is 5.21. The van der Waals surface area contributed by atoms with E-state index in [2.05, 4.69) is 30.2 Å². The van der Waals surface area contributed by atoms with E-state index in [0.717, 1.165) is 11.4 Å². The Hall–Kier alpha value is -2.62. The molecule has 0 aromatic heterocycles. The first-order valence-corrected chi connectivity index (χ1v) is 6.91. The third kappa shape index (κ3) is 2.79. The van der Waals surface area contributed by atoms with Gasteiger partial charge in [0, 0.05) is 5.69 Å². The van der Waals surface area contributed by atoms with Crippen LogP contribution in [0.25, 0.3) is 0 Å². The Balaban J connectivity index is 1.89. The molecule has 0 unspecified atom stereocenters. The van der Waals surface area contributed by atoms with Crippen LogP contribution in [0, 0.1) is 13.8 Å². The molecular weight excluding hydrogens is 262 g/mol. The second-order valence-electron chi connectivity index (χ2n) is 5.21. The predicted octanol–water partition coefficient (Wildman–Crippen LogP) is 3.12. The van der Waals surface area contributed by atoms with Gasteiger partial charge in [-0.25, -0.2) is 9.89 Å². The average Bonchev–Trinajstić information content (AvgIpc) is 2.79. The van der Waals surface area contributed by atoms with Gasteiger partial charge in [0.15, 0.2) is 0 Å². The maximum absolute atomic E-state index is 12.1. The average molecular weight is 279 g/mol. The summed E-state index contributed by atoms with van der Waals surface area (Å²) in [5, 5.41) is 3.26. The first-order chi connectivity index (χ1) is 10.1. The van der Waals surface area contributed by atoms with Crippen LogP contribution >= 0.6 is 0 Å². The van der Waals surface area contributed by atoms with Gasteiger partial charge in [-0.05, 0) is 49.2 Å². The van der Waals surface area contributed by atoms with Crippen LogP contribution in [-0.4, -0.2) is 18.4 Å². The monoisotopic (exact) mass is 279 g/mol. The normalized spacial score (nSPS) is 14.3. The number of carbonyl (C=O) groups is 1. The summed E-state index contributed by atoms with van der Waals surface area (Å²) >= 11 is 0. The van der Waals surface area contributed by atoms with Crippen LogP contribution in [0.15, 0.2) is 53.5 Å². The van der Waals surface area contributed by atoms with Crippen molar-refractivity contribution in [2.45, 2.75) is 13.8 Å². The largest absolute Gasteiger partial charge is 0.326 e. The fourth-order valence-corrected chi connectivity index (χ4v) is 2.52. The van der Waals surface area contributed by atoms with E-state index in [1.165, 1.54) is 11.1 Å². The maximum Gasteiger partial charge on any atom is 0.255 e. The molecule has 0 aliphatic carbocycles. The molecule has 0 bridgehead atoms. The Morgan fingerprint density at radius 3 is 2.38 bits per heavy atom. The minimum Gasteiger partial charge on any atom is -0.326 e. The van der Waals surface area contributed by atoms with Gasteiger partial charge < -0.3 is 5.32 Å². The van der Waals surface area contributed by atoms with Crippen LogP contribution in [0.4, 0.5) is 11.4 Å². The highest BCUT2D eigenvalue weighted by Gasteiger charge is 2.26. The van der Waals surface area contributed by atoms with Crippen molar-refractivity contribution in [1.29, 1.82) is 0 Å². The summed E-state index contributed by atoms with van der Waals surface area (Å²) in [6, 6.07) is 15.8. The van der Waals surface area contributed by atoms with Gasteiger partial charge >= 0.3 is 0 Å². The van der Waals surface area contributed by atoms with E-state index in [1.54, 1.807) is 4.90 Å². The Labute approximate surface area is 124 Å². The minimum atomic E-state index is -0.0203. The standard InChI is InChI=1S/C17H17N3O/c1-12-8-13(2)10-14(9-12)19-17-18-11-16(21)20(17)15-6-4-3-5-7-15/h3-10H,11H2,1-2H3,(H,18,19). The van der Waals surface area contributed by atoms with E-state index < -0.39 is 0 Å². The van der Waals surface area contributed by atoms with E-state index in [1.807, 2.05) is 42.5 Å². The predicted molar refractivity (Wildman–Crippen MR) is 85.8 cm³/mol. The SMILES string of the molecule is Cc1cc(C)cc(NC2=NCC(=O)N2c2ccccc2)c1. The highest BCUT2D eigenvalue weighted by atomic mass is 16.2. The number of nitrogens with zero attached hydrogens (tertiary/aromatic N) is 2. The smallest absolute Gasteiger partial charge is 0.255 e. The molecule has 0 saturated heterocycles. The lowest BCUT2D eigenvalue weighted by molar-refractivity contribution is -0.115. The maximum atomic E-state index is 12.1. The first-order valence-electron chi connectivity index (χ1n) is 6.91. The molecule has 106 valence electrons. The lowest BCUT2D eigenvalue weighted by atomic mass is 10.1. The third-order valence-corrected chi connectivity index (χ3v) is 3.32. The zero-order chi connectivity index (χ0) is 14.8. The molecular formula is C17H17N3O. The van der Waals surface area contributed by atoms with E-state index in [4.69, 9.17) is 0 Å². The first kappa shape index (κ1) is 13.4. The van der Waals surface area contributed by atoms with Gasteiger partial charge in [0.25, 0.3) is 5.91 Å². The van der Waals surface area contributed by atoms with Crippen molar-refractivity contribution in [2.24, 2.45) is 4.99 Å². The lowest BCUT2D eigenvalue weighted by Crippen LogP contribution is -2.36. The zero-order valence-electron chi connectivity index (χ0n) is 12.1. The highest BCUT2D eigenvalue weighted by Crippen LogP contribution is 2.20. The Morgan fingerprint density at radius 1 is 1.05 bits per heavy atom. The number of nitrogens with one attached hydrogen (secondary N) is 1. The fraction of sp³-hybridized carbons (Fsp3) is 0.176. The number of hydrogen-bond donors (Lipinski definition) is 1. The minimum absolute atomic E-state index is 0.0203. The topological polar surface area (TPSA) is 44.7 Å². The van der Waals surface area contributed by atoms with Gasteiger partial charge in [-0.3, -0.25) is 4.79 Å². The van der Waals surface area contributed by atoms with Crippen molar-refractivity contribution in [3.63, 3.8) is 0 Å². The number of carbonyl (C=O) groups excluding carboxylic acids is 1. The van der Waals surface area contributed by atoms with Gasteiger partial charge in [0.1, 0.15) is 6.54 Å². The Kier molecular flexibility index (Phi) is 3.44. The molecule has 2 aromatic carbocycles. The van der Waals surface area contributed by atoms with E-state index in [0.29, 0.717) is 5.96 Å².